The topological polar surface area (TPSA) is 38.5 Å². The number of nitrogens with two attached hydrogens (primary N) is 1. The third-order valence-electron chi connectivity index (χ3n) is 2.81. The van der Waals surface area contributed by atoms with Crippen molar-refractivity contribution in [3.63, 3.8) is 0 Å². The fourth-order valence-corrected chi connectivity index (χ4v) is 1.88. The van der Waals surface area contributed by atoms with Gasteiger partial charge in [0.15, 0.2) is 0 Å². The lowest BCUT2D eigenvalue weighted by Gasteiger charge is -2.25. The minimum absolute atomic E-state index is 0.291. The Balaban J connectivity index is 2.59. The van der Waals surface area contributed by atoms with E-state index in [0.29, 0.717) is 6.10 Å². The summed E-state index contributed by atoms with van der Waals surface area (Å²) in [5.74, 6) is 0. The highest BCUT2D eigenvalue weighted by Gasteiger charge is 2.06. The summed E-state index contributed by atoms with van der Waals surface area (Å²) in [4.78, 5) is 2.35. The van der Waals surface area contributed by atoms with Crippen LogP contribution in [0.2, 0.25) is 0 Å². The molecule has 0 spiro atoms. The molecule has 1 aromatic rings. The van der Waals surface area contributed by atoms with Crippen molar-refractivity contribution in [2.45, 2.75) is 33.3 Å². The van der Waals surface area contributed by atoms with Gasteiger partial charge in [-0.2, -0.15) is 0 Å². The monoisotopic (exact) mass is 250 g/mol. The Morgan fingerprint density at radius 1 is 1.28 bits per heavy atom. The lowest BCUT2D eigenvalue weighted by molar-refractivity contribution is 0.0840. The zero-order chi connectivity index (χ0) is 13.4. The zero-order valence-corrected chi connectivity index (χ0v) is 11.9. The van der Waals surface area contributed by atoms with Gasteiger partial charge in [0.1, 0.15) is 0 Å². The summed E-state index contributed by atoms with van der Waals surface area (Å²) in [5, 5.41) is 0. The number of ether oxygens (including phenoxy) is 1. The van der Waals surface area contributed by atoms with Crippen molar-refractivity contribution < 1.29 is 4.74 Å². The van der Waals surface area contributed by atoms with Crippen molar-refractivity contribution in [1.82, 2.24) is 0 Å². The van der Waals surface area contributed by atoms with Crippen LogP contribution in [0.5, 0.6) is 0 Å². The maximum Gasteiger partial charge on any atom is 0.0645 e. The second kappa shape index (κ2) is 8.11. The van der Waals surface area contributed by atoms with Crippen molar-refractivity contribution in [3.05, 3.63) is 29.8 Å². The smallest absolute Gasteiger partial charge is 0.0645 e. The molecule has 0 radical (unpaired) electrons. The Morgan fingerprint density at radius 2 is 2.06 bits per heavy atom. The molecule has 0 aromatic heterocycles. The first-order valence-electron chi connectivity index (χ1n) is 6.76. The molecular formula is C15H26N2O. The van der Waals surface area contributed by atoms with Gasteiger partial charge in [0.2, 0.25) is 0 Å². The quantitative estimate of drug-likeness (QED) is 0.770. The van der Waals surface area contributed by atoms with Crippen LogP contribution in [0.4, 0.5) is 5.69 Å². The fourth-order valence-electron chi connectivity index (χ4n) is 1.88. The predicted molar refractivity (Wildman–Crippen MR) is 78.2 cm³/mol. The number of aryl methyl sites for hydroxylation is 1. The van der Waals surface area contributed by atoms with E-state index in [-0.39, 0.29) is 0 Å². The number of anilines is 1. The van der Waals surface area contributed by atoms with Crippen LogP contribution in [0.15, 0.2) is 24.3 Å². The van der Waals surface area contributed by atoms with E-state index in [2.05, 4.69) is 49.9 Å². The Kier molecular flexibility index (Phi) is 6.76. The van der Waals surface area contributed by atoms with Crippen LogP contribution in [0, 0.1) is 6.92 Å². The molecule has 102 valence electrons. The van der Waals surface area contributed by atoms with E-state index in [1.165, 1.54) is 11.3 Å². The molecule has 0 aliphatic heterocycles. The lowest BCUT2D eigenvalue weighted by atomic mass is 10.2. The van der Waals surface area contributed by atoms with E-state index in [1.54, 1.807) is 0 Å². The maximum atomic E-state index is 5.63. The Bertz CT molecular complexity index is 339. The summed E-state index contributed by atoms with van der Waals surface area (Å²) in [6.07, 6.45) is 1.30. The molecule has 2 N–H and O–H groups in total. The van der Waals surface area contributed by atoms with Gasteiger partial charge >= 0.3 is 0 Å². The third kappa shape index (κ3) is 5.52. The van der Waals surface area contributed by atoms with Gasteiger partial charge in [0.05, 0.1) is 12.7 Å². The van der Waals surface area contributed by atoms with Gasteiger partial charge in [-0.3, -0.25) is 0 Å². The Hall–Kier alpha value is -1.06. The number of hydrogen-bond acceptors (Lipinski definition) is 3. The number of hydrogen-bond donors (Lipinski definition) is 1. The number of nitrogens with zero attached hydrogens (tertiary/aromatic N) is 1. The number of benzene rings is 1. The molecule has 0 bridgehead atoms. The van der Waals surface area contributed by atoms with Crippen molar-refractivity contribution in [1.29, 1.82) is 0 Å². The first-order chi connectivity index (χ1) is 8.63. The van der Waals surface area contributed by atoms with E-state index in [1.807, 2.05) is 0 Å². The molecule has 0 unspecified atom stereocenters. The van der Waals surface area contributed by atoms with E-state index in [9.17, 15) is 0 Å². The van der Waals surface area contributed by atoms with E-state index < -0.39 is 0 Å². The highest BCUT2D eigenvalue weighted by Crippen LogP contribution is 2.16. The first-order valence-corrected chi connectivity index (χ1v) is 6.76. The summed E-state index contributed by atoms with van der Waals surface area (Å²) in [6, 6.07) is 8.59. The van der Waals surface area contributed by atoms with Crippen LogP contribution in [0.3, 0.4) is 0 Å². The molecule has 18 heavy (non-hydrogen) atoms. The minimum Gasteiger partial charge on any atom is -0.377 e. The Morgan fingerprint density at radius 3 is 2.67 bits per heavy atom. The van der Waals surface area contributed by atoms with Gasteiger partial charge in [-0.15, -0.1) is 0 Å². The predicted octanol–water partition coefficient (Wildman–Crippen LogP) is 2.58. The highest BCUT2D eigenvalue weighted by molar-refractivity contribution is 5.48. The molecule has 0 aliphatic carbocycles. The molecule has 0 saturated heterocycles. The second-order valence-corrected chi connectivity index (χ2v) is 4.89. The maximum absolute atomic E-state index is 5.63. The average Bonchev–Trinajstić information content (AvgIpc) is 2.33. The molecule has 0 fully saturated rings. The van der Waals surface area contributed by atoms with Gasteiger partial charge in [0.25, 0.3) is 0 Å². The number of rotatable bonds is 8. The lowest BCUT2D eigenvalue weighted by Crippen LogP contribution is -2.30. The zero-order valence-electron chi connectivity index (χ0n) is 11.9. The summed E-state index contributed by atoms with van der Waals surface area (Å²) in [7, 11) is 0. The molecule has 0 aliphatic rings. The van der Waals surface area contributed by atoms with E-state index in [4.69, 9.17) is 10.5 Å². The van der Waals surface area contributed by atoms with Gasteiger partial charge in [-0.05, 0) is 51.4 Å². The summed E-state index contributed by atoms with van der Waals surface area (Å²) >= 11 is 0. The van der Waals surface area contributed by atoms with Crippen LogP contribution >= 0.6 is 0 Å². The van der Waals surface area contributed by atoms with Gasteiger partial charge < -0.3 is 15.4 Å². The summed E-state index contributed by atoms with van der Waals surface area (Å²) < 4.78 is 5.63. The molecule has 1 aromatic carbocycles. The fraction of sp³-hybridized carbons (Fsp3) is 0.600. The van der Waals surface area contributed by atoms with Crippen molar-refractivity contribution in [2.24, 2.45) is 5.73 Å². The summed E-state index contributed by atoms with van der Waals surface area (Å²) in [6.45, 7) is 9.65. The second-order valence-electron chi connectivity index (χ2n) is 4.89. The van der Waals surface area contributed by atoms with E-state index in [0.717, 1.165) is 32.7 Å². The molecule has 0 amide bonds. The summed E-state index contributed by atoms with van der Waals surface area (Å²) in [5.41, 5.74) is 8.15. The van der Waals surface area contributed by atoms with Gasteiger partial charge in [-0.25, -0.2) is 0 Å². The van der Waals surface area contributed by atoms with Gasteiger partial charge in [-0.1, -0.05) is 12.1 Å². The minimum atomic E-state index is 0.291. The van der Waals surface area contributed by atoms with Crippen LogP contribution in [0.25, 0.3) is 0 Å². The van der Waals surface area contributed by atoms with Gasteiger partial charge in [0, 0.05) is 18.8 Å². The molecule has 3 heteroatoms. The highest BCUT2D eigenvalue weighted by atomic mass is 16.5. The largest absolute Gasteiger partial charge is 0.377 e. The van der Waals surface area contributed by atoms with Crippen molar-refractivity contribution >= 4 is 5.69 Å². The van der Waals surface area contributed by atoms with E-state index >= 15 is 0 Å². The molecular weight excluding hydrogens is 224 g/mol. The molecule has 0 atom stereocenters. The standard InChI is InChI=1S/C15H26N2O/c1-13(2)18-11-10-17(9-5-8-16)15-7-4-6-14(3)12-15/h4,6-7,12-13H,5,8-11,16H2,1-3H3. The average molecular weight is 250 g/mol. The molecule has 3 nitrogen and oxygen atoms in total. The molecule has 0 saturated carbocycles. The molecule has 0 heterocycles. The van der Waals surface area contributed by atoms with Crippen molar-refractivity contribution in [3.8, 4) is 0 Å². The van der Waals surface area contributed by atoms with Crippen LogP contribution in [-0.4, -0.2) is 32.3 Å². The van der Waals surface area contributed by atoms with Crippen LogP contribution < -0.4 is 10.6 Å². The third-order valence-corrected chi connectivity index (χ3v) is 2.81. The normalized spacial score (nSPS) is 10.9. The van der Waals surface area contributed by atoms with Crippen molar-refractivity contribution in [2.75, 3.05) is 31.1 Å². The SMILES string of the molecule is Cc1cccc(N(CCCN)CCOC(C)C)c1. The Labute approximate surface area is 111 Å². The van der Waals surface area contributed by atoms with Crippen LogP contribution in [-0.2, 0) is 4.74 Å². The van der Waals surface area contributed by atoms with Crippen LogP contribution in [0.1, 0.15) is 25.8 Å². The first kappa shape index (κ1) is 15.0. The molecule has 1 rings (SSSR count).